The van der Waals surface area contributed by atoms with Crippen molar-refractivity contribution in [2.24, 2.45) is 0 Å². The number of carboxylic acid groups (broad SMARTS) is 1. The van der Waals surface area contributed by atoms with Crippen LogP contribution in [-0.4, -0.2) is 20.9 Å². The highest BCUT2D eigenvalue weighted by Gasteiger charge is 2.11. The zero-order chi connectivity index (χ0) is 12.3. The van der Waals surface area contributed by atoms with Crippen molar-refractivity contribution in [2.75, 3.05) is 0 Å². The highest BCUT2D eigenvalue weighted by atomic mass is 16.4. The zero-order valence-corrected chi connectivity index (χ0v) is 9.58. The summed E-state index contributed by atoms with van der Waals surface area (Å²) in [6.45, 7) is 1.84. The molecule has 0 radical (unpaired) electrons. The second kappa shape index (κ2) is 4.82. The lowest BCUT2D eigenvalue weighted by Crippen LogP contribution is -2.10. The van der Waals surface area contributed by atoms with E-state index < -0.39 is 5.97 Å². The minimum Gasteiger partial charge on any atom is -0.481 e. The first kappa shape index (κ1) is 11.4. The lowest BCUT2D eigenvalue weighted by molar-refractivity contribution is -0.137. The van der Waals surface area contributed by atoms with Crippen LogP contribution in [0.2, 0.25) is 0 Å². The Balaban J connectivity index is 2.19. The van der Waals surface area contributed by atoms with E-state index in [1.165, 1.54) is 0 Å². The van der Waals surface area contributed by atoms with Crippen molar-refractivity contribution in [3.8, 4) is 11.1 Å². The van der Waals surface area contributed by atoms with Crippen molar-refractivity contribution in [1.29, 1.82) is 0 Å². The molecule has 0 aliphatic carbocycles. The minimum absolute atomic E-state index is 0.0793. The van der Waals surface area contributed by atoms with E-state index in [1.54, 1.807) is 10.9 Å². The van der Waals surface area contributed by atoms with Crippen LogP contribution < -0.4 is 0 Å². The third-order valence-corrected chi connectivity index (χ3v) is 2.63. The van der Waals surface area contributed by atoms with Gasteiger partial charge in [-0.25, -0.2) is 0 Å². The molecule has 17 heavy (non-hydrogen) atoms. The average Bonchev–Trinajstić information content (AvgIpc) is 2.78. The Morgan fingerprint density at radius 1 is 1.35 bits per heavy atom. The van der Waals surface area contributed by atoms with Gasteiger partial charge in [-0.2, -0.15) is 5.10 Å². The van der Waals surface area contributed by atoms with Crippen LogP contribution in [0.4, 0.5) is 0 Å². The lowest BCUT2D eigenvalue weighted by atomic mass is 10.1. The normalized spacial score (nSPS) is 12.3. The van der Waals surface area contributed by atoms with Crippen molar-refractivity contribution in [3.05, 3.63) is 42.7 Å². The minimum atomic E-state index is -0.811. The van der Waals surface area contributed by atoms with E-state index >= 15 is 0 Å². The quantitative estimate of drug-likeness (QED) is 0.878. The standard InChI is InChI=1S/C13H14N2O2/c1-10(7-13(16)17)15-9-12(8-14-15)11-5-3-2-4-6-11/h2-6,8-10H,7H2,1H3,(H,16,17). The summed E-state index contributed by atoms with van der Waals surface area (Å²) in [6, 6.07) is 9.76. The Morgan fingerprint density at radius 2 is 2.06 bits per heavy atom. The maximum absolute atomic E-state index is 10.6. The van der Waals surface area contributed by atoms with E-state index in [1.807, 2.05) is 43.5 Å². The number of aliphatic carboxylic acids is 1. The number of carboxylic acids is 1. The van der Waals surface area contributed by atoms with Crippen molar-refractivity contribution >= 4 is 5.97 Å². The Kier molecular flexibility index (Phi) is 3.23. The summed E-state index contributed by atoms with van der Waals surface area (Å²) in [5.74, 6) is -0.811. The Hall–Kier alpha value is -2.10. The molecule has 1 N–H and O–H groups in total. The molecule has 1 atom stereocenters. The van der Waals surface area contributed by atoms with Gasteiger partial charge in [-0.15, -0.1) is 0 Å². The van der Waals surface area contributed by atoms with Crippen molar-refractivity contribution in [1.82, 2.24) is 9.78 Å². The smallest absolute Gasteiger partial charge is 0.305 e. The summed E-state index contributed by atoms with van der Waals surface area (Å²) in [4.78, 5) is 10.6. The van der Waals surface area contributed by atoms with Gasteiger partial charge in [0, 0.05) is 11.8 Å². The van der Waals surface area contributed by atoms with Crippen molar-refractivity contribution < 1.29 is 9.90 Å². The van der Waals surface area contributed by atoms with Crippen LogP contribution >= 0.6 is 0 Å². The second-order valence-corrected chi connectivity index (χ2v) is 4.02. The summed E-state index contributed by atoms with van der Waals surface area (Å²) in [5, 5.41) is 12.9. The molecule has 0 bridgehead atoms. The van der Waals surface area contributed by atoms with Crippen molar-refractivity contribution in [2.45, 2.75) is 19.4 Å². The summed E-state index contributed by atoms with van der Waals surface area (Å²) in [7, 11) is 0. The first-order valence-corrected chi connectivity index (χ1v) is 5.48. The van der Waals surface area contributed by atoms with E-state index in [2.05, 4.69) is 5.10 Å². The summed E-state index contributed by atoms with van der Waals surface area (Å²) in [5.41, 5.74) is 2.09. The number of carbonyl (C=O) groups is 1. The van der Waals surface area contributed by atoms with Gasteiger partial charge in [0.25, 0.3) is 0 Å². The molecule has 1 unspecified atom stereocenters. The fraction of sp³-hybridized carbons (Fsp3) is 0.231. The Morgan fingerprint density at radius 3 is 2.71 bits per heavy atom. The van der Waals surface area contributed by atoms with Gasteiger partial charge in [0.15, 0.2) is 0 Å². The van der Waals surface area contributed by atoms with E-state index in [9.17, 15) is 4.79 Å². The number of aromatic nitrogens is 2. The van der Waals surface area contributed by atoms with Crippen LogP contribution in [0.25, 0.3) is 11.1 Å². The average molecular weight is 230 g/mol. The van der Waals surface area contributed by atoms with Gasteiger partial charge >= 0.3 is 5.97 Å². The molecule has 4 heteroatoms. The highest BCUT2D eigenvalue weighted by Crippen LogP contribution is 2.20. The SMILES string of the molecule is CC(CC(=O)O)n1cc(-c2ccccc2)cn1. The first-order valence-electron chi connectivity index (χ1n) is 5.48. The predicted octanol–water partition coefficient (Wildman–Crippen LogP) is 2.59. The molecule has 1 aromatic carbocycles. The van der Waals surface area contributed by atoms with Crippen LogP contribution in [-0.2, 0) is 4.79 Å². The number of nitrogens with zero attached hydrogens (tertiary/aromatic N) is 2. The number of hydrogen-bond donors (Lipinski definition) is 1. The molecule has 0 aliphatic heterocycles. The van der Waals surface area contributed by atoms with E-state index in [0.717, 1.165) is 11.1 Å². The summed E-state index contributed by atoms with van der Waals surface area (Å²) in [6.07, 6.45) is 3.71. The fourth-order valence-electron chi connectivity index (χ4n) is 1.70. The molecular formula is C13H14N2O2. The largest absolute Gasteiger partial charge is 0.481 e. The van der Waals surface area contributed by atoms with Gasteiger partial charge in [-0.3, -0.25) is 9.48 Å². The molecule has 1 aromatic heterocycles. The topological polar surface area (TPSA) is 55.1 Å². The first-order chi connectivity index (χ1) is 8.16. The number of rotatable bonds is 4. The van der Waals surface area contributed by atoms with E-state index in [0.29, 0.717) is 0 Å². The summed E-state index contributed by atoms with van der Waals surface area (Å²) >= 11 is 0. The third kappa shape index (κ3) is 2.72. The summed E-state index contributed by atoms with van der Waals surface area (Å²) < 4.78 is 1.69. The molecule has 4 nitrogen and oxygen atoms in total. The van der Waals surface area contributed by atoms with Crippen molar-refractivity contribution in [3.63, 3.8) is 0 Å². The fourth-order valence-corrected chi connectivity index (χ4v) is 1.70. The van der Waals surface area contributed by atoms with Crippen LogP contribution in [0.1, 0.15) is 19.4 Å². The van der Waals surface area contributed by atoms with Crippen LogP contribution in [0.3, 0.4) is 0 Å². The predicted molar refractivity (Wildman–Crippen MR) is 64.6 cm³/mol. The molecule has 88 valence electrons. The van der Waals surface area contributed by atoms with Gasteiger partial charge in [0.2, 0.25) is 0 Å². The molecule has 2 aromatic rings. The van der Waals surface area contributed by atoms with Gasteiger partial charge in [-0.1, -0.05) is 30.3 Å². The molecule has 0 aliphatic rings. The Labute approximate surface area is 99.5 Å². The molecule has 0 spiro atoms. The maximum atomic E-state index is 10.6. The number of hydrogen-bond acceptors (Lipinski definition) is 2. The lowest BCUT2D eigenvalue weighted by Gasteiger charge is -2.08. The third-order valence-electron chi connectivity index (χ3n) is 2.63. The molecule has 0 saturated carbocycles. The second-order valence-electron chi connectivity index (χ2n) is 4.02. The monoisotopic (exact) mass is 230 g/mol. The number of benzene rings is 1. The van der Waals surface area contributed by atoms with Gasteiger partial charge < -0.3 is 5.11 Å². The molecule has 0 amide bonds. The van der Waals surface area contributed by atoms with Gasteiger partial charge in [0.05, 0.1) is 18.7 Å². The highest BCUT2D eigenvalue weighted by molar-refractivity contribution is 5.67. The van der Waals surface area contributed by atoms with Gasteiger partial charge in [-0.05, 0) is 12.5 Å². The van der Waals surface area contributed by atoms with Gasteiger partial charge in [0.1, 0.15) is 0 Å². The Bertz CT molecular complexity index is 505. The molecule has 1 heterocycles. The maximum Gasteiger partial charge on any atom is 0.305 e. The van der Waals surface area contributed by atoms with Crippen LogP contribution in [0, 0.1) is 0 Å². The van der Waals surface area contributed by atoms with E-state index in [-0.39, 0.29) is 12.5 Å². The van der Waals surface area contributed by atoms with E-state index in [4.69, 9.17) is 5.11 Å². The molecule has 0 fully saturated rings. The zero-order valence-electron chi connectivity index (χ0n) is 9.58. The molecule has 0 saturated heterocycles. The molecule has 2 rings (SSSR count). The molecular weight excluding hydrogens is 216 g/mol. The van der Waals surface area contributed by atoms with Crippen LogP contribution in [0.5, 0.6) is 0 Å². The van der Waals surface area contributed by atoms with Crippen LogP contribution in [0.15, 0.2) is 42.7 Å².